The van der Waals surface area contributed by atoms with Gasteiger partial charge in [-0.1, -0.05) is 29.8 Å². The highest BCUT2D eigenvalue weighted by Gasteiger charge is 2.23. The van der Waals surface area contributed by atoms with Gasteiger partial charge in [0.05, 0.1) is 28.6 Å². The number of rotatable bonds is 10. The molecule has 11 nitrogen and oxygen atoms in total. The lowest BCUT2D eigenvalue weighted by molar-refractivity contribution is -0.385. The molecule has 0 saturated carbocycles. The minimum atomic E-state index is -1.29. The van der Waals surface area contributed by atoms with E-state index in [1.54, 1.807) is 25.1 Å². The molecule has 0 aliphatic rings. The zero-order chi connectivity index (χ0) is 25.7. The van der Waals surface area contributed by atoms with Crippen molar-refractivity contribution in [3.63, 3.8) is 0 Å². The molecule has 0 aliphatic carbocycles. The third-order valence-electron chi connectivity index (χ3n) is 5.10. The average Bonchev–Trinajstić information content (AvgIpc) is 2.82. The van der Waals surface area contributed by atoms with E-state index in [0.717, 1.165) is 0 Å². The van der Waals surface area contributed by atoms with Crippen LogP contribution in [0.25, 0.3) is 10.9 Å². The number of halogens is 1. The van der Waals surface area contributed by atoms with Crippen LogP contribution in [-0.4, -0.2) is 45.1 Å². The number of ether oxygens (including phenoxy) is 2. The van der Waals surface area contributed by atoms with E-state index < -0.39 is 23.2 Å². The summed E-state index contributed by atoms with van der Waals surface area (Å²) in [7, 11) is 0. The summed E-state index contributed by atoms with van der Waals surface area (Å²) in [5.41, 5.74) is -0.0918. The van der Waals surface area contributed by atoms with Crippen LogP contribution in [0.1, 0.15) is 44.5 Å². The molecule has 0 aliphatic heterocycles. The molecule has 0 unspecified atom stereocenters. The zero-order valence-electron chi connectivity index (χ0n) is 19.2. The maximum absolute atomic E-state index is 13.3. The lowest BCUT2D eigenvalue weighted by atomic mass is 10.1. The molecular formula is C23H23BrN4O7. The van der Waals surface area contributed by atoms with E-state index in [1.165, 1.54) is 23.0 Å². The maximum Gasteiger partial charge on any atom is 0.341 e. The number of nitrogens with zero attached hydrogens (tertiary/aromatic N) is 4. The summed E-state index contributed by atoms with van der Waals surface area (Å²) in [5.74, 6) is -1.25. The van der Waals surface area contributed by atoms with Crippen molar-refractivity contribution in [1.29, 1.82) is 0 Å². The highest BCUT2D eigenvalue weighted by molar-refractivity contribution is 9.10. The van der Waals surface area contributed by atoms with E-state index >= 15 is 0 Å². The second-order valence-electron chi connectivity index (χ2n) is 7.54. The standard InChI is InChI=1S/C23H23BrN4O7/c1-4-13(3)22-26-17-7-6-15(24)10-16(17)23(31)27(22)25-11-14-8-18(28(32)33)21(35-12-20(29)30)19(9-14)34-5-2/h6-11,13H,4-5,12H2,1-3H3,(H,29,30)/t13-/m0/s1. The lowest BCUT2D eigenvalue weighted by Gasteiger charge is -2.14. The smallest absolute Gasteiger partial charge is 0.341 e. The van der Waals surface area contributed by atoms with Gasteiger partial charge in [-0.2, -0.15) is 9.78 Å². The largest absolute Gasteiger partial charge is 0.490 e. The van der Waals surface area contributed by atoms with Gasteiger partial charge in [0.2, 0.25) is 5.75 Å². The molecule has 35 heavy (non-hydrogen) atoms. The van der Waals surface area contributed by atoms with Crippen LogP contribution < -0.4 is 15.0 Å². The Labute approximate surface area is 208 Å². The summed E-state index contributed by atoms with van der Waals surface area (Å²) in [5, 5.41) is 25.3. The van der Waals surface area contributed by atoms with Crippen molar-refractivity contribution in [3.8, 4) is 11.5 Å². The van der Waals surface area contributed by atoms with Crippen molar-refractivity contribution in [2.24, 2.45) is 5.10 Å². The predicted molar refractivity (Wildman–Crippen MR) is 133 cm³/mol. The van der Waals surface area contributed by atoms with Crippen molar-refractivity contribution < 1.29 is 24.3 Å². The van der Waals surface area contributed by atoms with Crippen molar-refractivity contribution in [2.75, 3.05) is 13.2 Å². The molecule has 2 aromatic carbocycles. The Kier molecular flexibility index (Phi) is 8.18. The fourth-order valence-electron chi connectivity index (χ4n) is 3.26. The molecule has 3 rings (SSSR count). The Bertz CT molecular complexity index is 1370. The molecular weight excluding hydrogens is 524 g/mol. The van der Waals surface area contributed by atoms with Crippen LogP contribution >= 0.6 is 15.9 Å². The van der Waals surface area contributed by atoms with Gasteiger partial charge < -0.3 is 14.6 Å². The van der Waals surface area contributed by atoms with Gasteiger partial charge in [0.15, 0.2) is 12.4 Å². The van der Waals surface area contributed by atoms with Crippen LogP contribution in [0.15, 0.2) is 44.7 Å². The first-order valence-electron chi connectivity index (χ1n) is 10.7. The SMILES string of the molecule is CCOc1cc(C=Nn2c([C@@H](C)CC)nc3ccc(Br)cc3c2=O)cc([N+](=O)[O-])c1OCC(=O)O. The average molecular weight is 547 g/mol. The van der Waals surface area contributed by atoms with Gasteiger partial charge in [0, 0.05) is 22.0 Å². The third kappa shape index (κ3) is 5.83. The first-order valence-corrected chi connectivity index (χ1v) is 11.5. The van der Waals surface area contributed by atoms with E-state index in [2.05, 4.69) is 26.0 Å². The number of aromatic nitrogens is 2. The van der Waals surface area contributed by atoms with Crippen LogP contribution in [0.3, 0.4) is 0 Å². The molecule has 1 N–H and O–H groups in total. The molecule has 0 spiro atoms. The predicted octanol–water partition coefficient (Wildman–Crippen LogP) is 4.33. The molecule has 0 amide bonds. The van der Waals surface area contributed by atoms with Crippen molar-refractivity contribution >= 4 is 44.7 Å². The van der Waals surface area contributed by atoms with Crippen LogP contribution in [0.4, 0.5) is 5.69 Å². The number of benzene rings is 2. The Balaban J connectivity index is 2.17. The molecule has 1 atom stereocenters. The maximum atomic E-state index is 13.3. The van der Waals surface area contributed by atoms with E-state index in [1.807, 2.05) is 13.8 Å². The lowest BCUT2D eigenvalue weighted by Crippen LogP contribution is -2.23. The van der Waals surface area contributed by atoms with E-state index in [9.17, 15) is 19.7 Å². The van der Waals surface area contributed by atoms with Crippen molar-refractivity contribution in [3.05, 3.63) is 66.7 Å². The van der Waals surface area contributed by atoms with Gasteiger partial charge in [-0.05, 0) is 37.6 Å². The van der Waals surface area contributed by atoms with Gasteiger partial charge in [-0.25, -0.2) is 9.78 Å². The van der Waals surface area contributed by atoms with E-state index in [4.69, 9.17) is 14.6 Å². The van der Waals surface area contributed by atoms with Gasteiger partial charge in [-0.3, -0.25) is 14.9 Å². The summed E-state index contributed by atoms with van der Waals surface area (Å²) in [6, 6.07) is 7.79. The molecule has 0 bridgehead atoms. The van der Waals surface area contributed by atoms with E-state index in [-0.39, 0.29) is 35.1 Å². The fraction of sp³-hybridized carbons (Fsp3) is 0.304. The molecule has 12 heteroatoms. The van der Waals surface area contributed by atoms with Gasteiger partial charge in [0.1, 0.15) is 5.82 Å². The monoisotopic (exact) mass is 546 g/mol. The second-order valence-corrected chi connectivity index (χ2v) is 8.46. The van der Waals surface area contributed by atoms with Crippen LogP contribution in [0.5, 0.6) is 11.5 Å². The molecule has 1 heterocycles. The van der Waals surface area contributed by atoms with Crippen LogP contribution in [0, 0.1) is 10.1 Å². The number of hydrogen-bond donors (Lipinski definition) is 1. The summed E-state index contributed by atoms with van der Waals surface area (Å²) in [6.07, 6.45) is 1.99. The van der Waals surface area contributed by atoms with Crippen LogP contribution in [-0.2, 0) is 4.79 Å². The molecule has 0 saturated heterocycles. The Morgan fingerprint density at radius 3 is 2.69 bits per heavy atom. The first kappa shape index (κ1) is 25.8. The van der Waals surface area contributed by atoms with Crippen LogP contribution in [0.2, 0.25) is 0 Å². The van der Waals surface area contributed by atoms with Crippen molar-refractivity contribution in [2.45, 2.75) is 33.1 Å². The molecule has 184 valence electrons. The van der Waals surface area contributed by atoms with E-state index in [0.29, 0.717) is 27.6 Å². The highest BCUT2D eigenvalue weighted by atomic mass is 79.9. The minimum Gasteiger partial charge on any atom is -0.490 e. The summed E-state index contributed by atoms with van der Waals surface area (Å²) < 4.78 is 12.5. The molecule has 0 fully saturated rings. The van der Waals surface area contributed by atoms with Gasteiger partial charge in [0.25, 0.3) is 5.56 Å². The van der Waals surface area contributed by atoms with Gasteiger partial charge in [-0.15, -0.1) is 0 Å². The fourth-order valence-corrected chi connectivity index (χ4v) is 3.62. The number of aliphatic carboxylic acids is 1. The van der Waals surface area contributed by atoms with Gasteiger partial charge >= 0.3 is 11.7 Å². The summed E-state index contributed by atoms with van der Waals surface area (Å²) >= 11 is 3.36. The molecule has 3 aromatic rings. The first-order chi connectivity index (χ1) is 16.7. The number of carboxylic acids is 1. The Morgan fingerprint density at radius 2 is 2.06 bits per heavy atom. The molecule has 1 aromatic heterocycles. The second kappa shape index (κ2) is 11.1. The van der Waals surface area contributed by atoms with Crippen molar-refractivity contribution in [1.82, 2.24) is 9.66 Å². The third-order valence-corrected chi connectivity index (χ3v) is 5.60. The normalized spacial score (nSPS) is 12.1. The number of fused-ring (bicyclic) bond motifs is 1. The number of hydrogen-bond acceptors (Lipinski definition) is 8. The Morgan fingerprint density at radius 1 is 1.31 bits per heavy atom. The highest BCUT2D eigenvalue weighted by Crippen LogP contribution is 2.38. The summed E-state index contributed by atoms with van der Waals surface area (Å²) in [4.78, 5) is 39.8. The molecule has 0 radical (unpaired) electrons. The minimum absolute atomic E-state index is 0.0144. The quantitative estimate of drug-likeness (QED) is 0.224. The summed E-state index contributed by atoms with van der Waals surface area (Å²) in [6.45, 7) is 4.93. The zero-order valence-corrected chi connectivity index (χ0v) is 20.8. The number of carboxylic acid groups (broad SMARTS) is 1. The number of carbonyl (C=O) groups is 1. The number of nitro benzene ring substituents is 1. The Hall–Kier alpha value is -3.80. The number of nitro groups is 1. The topological polar surface area (TPSA) is 146 Å².